The summed E-state index contributed by atoms with van der Waals surface area (Å²) in [6.45, 7) is 8.07. The van der Waals surface area contributed by atoms with E-state index in [1.165, 1.54) is 23.8 Å². The lowest BCUT2D eigenvalue weighted by atomic mass is 9.75. The minimum Gasteiger partial charge on any atom is -0.323 e. The average molecular weight is 295 g/mol. The molecule has 0 bridgehead atoms. The number of hydrogen-bond donors (Lipinski definition) is 2. The van der Waals surface area contributed by atoms with Crippen molar-refractivity contribution in [1.82, 2.24) is 10.2 Å². The highest BCUT2D eigenvalue weighted by Crippen LogP contribution is 2.38. The van der Waals surface area contributed by atoms with Gasteiger partial charge in [-0.1, -0.05) is 32.6 Å². The Balaban J connectivity index is 1.96. The molecule has 114 valence electrons. The fourth-order valence-electron chi connectivity index (χ4n) is 3.01. The molecule has 0 unspecified atom stereocenters. The third kappa shape index (κ3) is 2.82. The summed E-state index contributed by atoms with van der Waals surface area (Å²) in [6.07, 6.45) is 4.52. The maximum Gasteiger partial charge on any atom is 0.247 e. The molecule has 0 spiro atoms. The Hall–Kier alpha value is -2.36. The number of rotatable bonds is 3. The van der Waals surface area contributed by atoms with Gasteiger partial charge >= 0.3 is 0 Å². The lowest BCUT2D eigenvalue weighted by molar-refractivity contribution is -0.111. The van der Waals surface area contributed by atoms with Crippen LogP contribution in [0.1, 0.15) is 31.5 Å². The molecular formula is C18H21N3O. The van der Waals surface area contributed by atoms with E-state index in [9.17, 15) is 4.79 Å². The number of H-pyrrole nitrogens is 1. The number of carbonyl (C=O) groups excluding carboxylic acids is 1. The third-order valence-corrected chi connectivity index (χ3v) is 4.25. The summed E-state index contributed by atoms with van der Waals surface area (Å²) in [5.74, 6) is -0.206. The Labute approximate surface area is 130 Å². The molecule has 0 atom stereocenters. The molecule has 1 aliphatic rings. The first kappa shape index (κ1) is 14.6. The van der Waals surface area contributed by atoms with Gasteiger partial charge in [-0.25, -0.2) is 0 Å². The summed E-state index contributed by atoms with van der Waals surface area (Å²) in [5.41, 5.74) is 5.64. The standard InChI is InChI=1S/C18H21N3O/c1-4-16(22)19-13-7-5-6-12(10-13)17-14-11-18(2,3)9-8-15(14)20-21-17/h4-7,10H,1,8-9,11H2,2-3H3,(H,19,22)(H,20,21). The van der Waals surface area contributed by atoms with Crippen LogP contribution in [-0.4, -0.2) is 16.1 Å². The number of aromatic nitrogens is 2. The van der Waals surface area contributed by atoms with Gasteiger partial charge in [-0.3, -0.25) is 9.89 Å². The minimum absolute atomic E-state index is 0.206. The average Bonchev–Trinajstić information content (AvgIpc) is 2.89. The van der Waals surface area contributed by atoms with Crippen LogP contribution in [-0.2, 0) is 17.6 Å². The monoisotopic (exact) mass is 295 g/mol. The SMILES string of the molecule is C=CC(=O)Nc1cccc(-c2n[nH]c3c2CC(C)(C)CC3)c1. The van der Waals surface area contributed by atoms with Gasteiger partial charge < -0.3 is 5.32 Å². The molecule has 4 heteroatoms. The van der Waals surface area contributed by atoms with Crippen LogP contribution in [0.2, 0.25) is 0 Å². The maximum atomic E-state index is 11.4. The highest BCUT2D eigenvalue weighted by atomic mass is 16.1. The Morgan fingerprint density at radius 3 is 3.05 bits per heavy atom. The second-order valence-electron chi connectivity index (χ2n) is 6.64. The molecule has 22 heavy (non-hydrogen) atoms. The zero-order chi connectivity index (χ0) is 15.7. The molecule has 0 radical (unpaired) electrons. The number of nitrogens with zero attached hydrogens (tertiary/aromatic N) is 1. The van der Waals surface area contributed by atoms with Crippen LogP contribution in [0.3, 0.4) is 0 Å². The zero-order valence-electron chi connectivity index (χ0n) is 13.1. The van der Waals surface area contributed by atoms with Crippen molar-refractivity contribution in [2.24, 2.45) is 5.41 Å². The molecule has 4 nitrogen and oxygen atoms in total. The van der Waals surface area contributed by atoms with Crippen molar-refractivity contribution in [2.75, 3.05) is 5.32 Å². The molecule has 3 rings (SSSR count). The summed E-state index contributed by atoms with van der Waals surface area (Å²) in [4.78, 5) is 11.4. The van der Waals surface area contributed by atoms with E-state index in [1.807, 2.05) is 24.3 Å². The molecule has 0 fully saturated rings. The maximum absolute atomic E-state index is 11.4. The molecule has 0 aliphatic heterocycles. The van der Waals surface area contributed by atoms with Crippen molar-refractivity contribution in [3.05, 3.63) is 48.2 Å². The first-order chi connectivity index (χ1) is 10.5. The van der Waals surface area contributed by atoms with Crippen molar-refractivity contribution >= 4 is 11.6 Å². The number of fused-ring (bicyclic) bond motifs is 1. The number of benzene rings is 1. The van der Waals surface area contributed by atoms with Crippen LogP contribution in [0.25, 0.3) is 11.3 Å². The largest absolute Gasteiger partial charge is 0.323 e. The molecule has 1 amide bonds. The third-order valence-electron chi connectivity index (χ3n) is 4.25. The number of aryl methyl sites for hydroxylation is 1. The molecule has 0 saturated heterocycles. The van der Waals surface area contributed by atoms with E-state index >= 15 is 0 Å². The number of amides is 1. The van der Waals surface area contributed by atoms with Gasteiger partial charge in [0.05, 0.1) is 5.69 Å². The van der Waals surface area contributed by atoms with Gasteiger partial charge in [-0.2, -0.15) is 5.10 Å². The number of nitrogens with one attached hydrogen (secondary N) is 2. The van der Waals surface area contributed by atoms with Gasteiger partial charge in [0.15, 0.2) is 0 Å². The topological polar surface area (TPSA) is 57.8 Å². The summed E-state index contributed by atoms with van der Waals surface area (Å²) >= 11 is 0. The van der Waals surface area contributed by atoms with Crippen LogP contribution in [0.5, 0.6) is 0 Å². The van der Waals surface area contributed by atoms with Gasteiger partial charge in [-0.05, 0) is 42.9 Å². The predicted octanol–water partition coefficient (Wildman–Crippen LogP) is 3.72. The highest BCUT2D eigenvalue weighted by molar-refractivity contribution is 5.99. The number of hydrogen-bond acceptors (Lipinski definition) is 2. The van der Waals surface area contributed by atoms with E-state index in [4.69, 9.17) is 0 Å². The molecule has 2 aromatic rings. The molecule has 1 heterocycles. The summed E-state index contributed by atoms with van der Waals surface area (Å²) < 4.78 is 0. The van der Waals surface area contributed by atoms with Crippen molar-refractivity contribution < 1.29 is 4.79 Å². The molecule has 1 aliphatic carbocycles. The second kappa shape index (κ2) is 5.44. The van der Waals surface area contributed by atoms with E-state index in [2.05, 4.69) is 35.9 Å². The van der Waals surface area contributed by atoms with Crippen LogP contribution in [0, 0.1) is 5.41 Å². The molecule has 2 N–H and O–H groups in total. The van der Waals surface area contributed by atoms with Crippen molar-refractivity contribution in [3.8, 4) is 11.3 Å². The first-order valence-corrected chi connectivity index (χ1v) is 7.58. The fourth-order valence-corrected chi connectivity index (χ4v) is 3.01. The lowest BCUT2D eigenvalue weighted by Gasteiger charge is -2.29. The van der Waals surface area contributed by atoms with E-state index < -0.39 is 0 Å². The number of aromatic amines is 1. The first-order valence-electron chi connectivity index (χ1n) is 7.58. The number of carbonyl (C=O) groups is 1. The van der Waals surface area contributed by atoms with E-state index in [0.717, 1.165) is 29.8 Å². The fraction of sp³-hybridized carbons (Fsp3) is 0.333. The van der Waals surface area contributed by atoms with Crippen LogP contribution >= 0.6 is 0 Å². The van der Waals surface area contributed by atoms with Crippen LogP contribution < -0.4 is 5.32 Å². The van der Waals surface area contributed by atoms with E-state index in [1.54, 1.807) is 0 Å². The summed E-state index contributed by atoms with van der Waals surface area (Å²) in [6, 6.07) is 7.79. The van der Waals surface area contributed by atoms with E-state index in [-0.39, 0.29) is 5.91 Å². The van der Waals surface area contributed by atoms with Gasteiger partial charge in [0.1, 0.15) is 0 Å². The molecule has 0 saturated carbocycles. The quantitative estimate of drug-likeness (QED) is 0.848. The Morgan fingerprint density at radius 1 is 1.45 bits per heavy atom. The lowest BCUT2D eigenvalue weighted by Crippen LogP contribution is -2.21. The smallest absolute Gasteiger partial charge is 0.247 e. The van der Waals surface area contributed by atoms with Crippen LogP contribution in [0.15, 0.2) is 36.9 Å². The van der Waals surface area contributed by atoms with Crippen molar-refractivity contribution in [1.29, 1.82) is 0 Å². The highest BCUT2D eigenvalue weighted by Gasteiger charge is 2.29. The van der Waals surface area contributed by atoms with Crippen LogP contribution in [0.4, 0.5) is 5.69 Å². The van der Waals surface area contributed by atoms with Gasteiger partial charge in [0.25, 0.3) is 0 Å². The minimum atomic E-state index is -0.206. The Kier molecular flexibility index (Phi) is 3.61. The van der Waals surface area contributed by atoms with Crippen molar-refractivity contribution in [2.45, 2.75) is 33.1 Å². The zero-order valence-corrected chi connectivity index (χ0v) is 13.1. The normalized spacial score (nSPS) is 15.9. The molecular weight excluding hydrogens is 274 g/mol. The summed E-state index contributed by atoms with van der Waals surface area (Å²) in [7, 11) is 0. The van der Waals surface area contributed by atoms with Crippen molar-refractivity contribution in [3.63, 3.8) is 0 Å². The molecule has 1 aromatic heterocycles. The Bertz CT molecular complexity index is 728. The molecule has 1 aromatic carbocycles. The second-order valence-corrected chi connectivity index (χ2v) is 6.64. The van der Waals surface area contributed by atoms with Gasteiger partial charge in [0, 0.05) is 22.5 Å². The van der Waals surface area contributed by atoms with Gasteiger partial charge in [-0.15, -0.1) is 0 Å². The van der Waals surface area contributed by atoms with Gasteiger partial charge in [0.2, 0.25) is 5.91 Å². The Morgan fingerprint density at radius 2 is 2.27 bits per heavy atom. The predicted molar refractivity (Wildman–Crippen MR) is 88.7 cm³/mol. The summed E-state index contributed by atoms with van der Waals surface area (Å²) in [5, 5.41) is 10.5. The number of anilines is 1. The van der Waals surface area contributed by atoms with E-state index in [0.29, 0.717) is 5.41 Å².